The van der Waals surface area contributed by atoms with Crippen molar-refractivity contribution in [2.75, 3.05) is 59.4 Å². The van der Waals surface area contributed by atoms with Gasteiger partial charge in [0.1, 0.15) is 5.60 Å². The molecule has 1 unspecified atom stereocenters. The van der Waals surface area contributed by atoms with E-state index in [2.05, 4.69) is 33.0 Å². The molecule has 252 valence electrons. The summed E-state index contributed by atoms with van der Waals surface area (Å²) in [5.74, 6) is 1.85. The molecule has 0 aromatic heterocycles. The molecule has 45 heavy (non-hydrogen) atoms. The van der Waals surface area contributed by atoms with Crippen molar-refractivity contribution in [3.8, 4) is 17.2 Å². The van der Waals surface area contributed by atoms with Crippen LogP contribution < -0.4 is 14.2 Å². The van der Waals surface area contributed by atoms with E-state index in [0.29, 0.717) is 43.7 Å². The lowest BCUT2D eigenvalue weighted by Crippen LogP contribution is -2.47. The number of hydrogen-bond donors (Lipinski definition) is 0. The highest BCUT2D eigenvalue weighted by atomic mass is 79.9. The van der Waals surface area contributed by atoms with Crippen LogP contribution in [0, 0.1) is 0 Å². The Kier molecular flexibility index (Phi) is 15.8. The number of likely N-dealkylation sites (tertiary alicyclic amines) is 1. The zero-order chi connectivity index (χ0) is 32.7. The number of ether oxygens (including phenoxy) is 6. The van der Waals surface area contributed by atoms with Crippen molar-refractivity contribution in [2.24, 2.45) is 0 Å². The van der Waals surface area contributed by atoms with Crippen LogP contribution in [0.25, 0.3) is 0 Å². The van der Waals surface area contributed by atoms with Gasteiger partial charge in [-0.05, 0) is 76.1 Å². The van der Waals surface area contributed by atoms with Gasteiger partial charge in [-0.3, -0.25) is 0 Å². The zero-order valence-corrected chi connectivity index (χ0v) is 29.6. The van der Waals surface area contributed by atoms with Crippen LogP contribution >= 0.6 is 15.9 Å². The van der Waals surface area contributed by atoms with Gasteiger partial charge in [-0.15, -0.1) is 0 Å². The van der Waals surface area contributed by atoms with Gasteiger partial charge < -0.3 is 38.2 Å². The number of nitrogens with zero attached hydrogens (tertiary/aromatic N) is 2. The van der Waals surface area contributed by atoms with E-state index >= 15 is 0 Å². The van der Waals surface area contributed by atoms with E-state index in [1.807, 2.05) is 58.2 Å². The Hall–Kier alpha value is -2.53. The molecule has 1 heterocycles. The Morgan fingerprint density at radius 2 is 1.69 bits per heavy atom. The van der Waals surface area contributed by atoms with Crippen LogP contribution in [-0.4, -0.2) is 93.1 Å². The highest BCUT2D eigenvalue weighted by Gasteiger charge is 2.28. The molecule has 0 spiro atoms. The number of piperidine rings is 1. The minimum atomic E-state index is -0.489. The molecule has 1 aliphatic heterocycles. The van der Waals surface area contributed by atoms with Gasteiger partial charge in [0.25, 0.3) is 0 Å². The average molecular weight is 694 g/mol. The van der Waals surface area contributed by atoms with Crippen molar-refractivity contribution < 1.29 is 33.2 Å². The van der Waals surface area contributed by atoms with Crippen LogP contribution in [0.5, 0.6) is 17.2 Å². The van der Waals surface area contributed by atoms with Crippen molar-refractivity contribution in [3.05, 3.63) is 53.6 Å². The van der Waals surface area contributed by atoms with Gasteiger partial charge in [-0.2, -0.15) is 0 Å². The molecular formula is C35H53BrN2O7. The third kappa shape index (κ3) is 13.0. The number of rotatable bonds is 18. The van der Waals surface area contributed by atoms with Gasteiger partial charge in [0.05, 0.1) is 46.8 Å². The quantitative estimate of drug-likeness (QED) is 0.121. The third-order valence-electron chi connectivity index (χ3n) is 7.80. The number of carbonyl (C=O) groups excluding carboxylic acids is 1. The maximum absolute atomic E-state index is 12.5. The molecule has 0 N–H and O–H groups in total. The van der Waals surface area contributed by atoms with E-state index in [1.54, 1.807) is 19.1 Å². The number of alkyl halides is 1. The molecule has 3 rings (SSSR count). The number of carbonyl (C=O) groups is 1. The predicted molar refractivity (Wildman–Crippen MR) is 181 cm³/mol. The Balaban J connectivity index is 1.53. The highest BCUT2D eigenvalue weighted by molar-refractivity contribution is 9.09. The summed E-state index contributed by atoms with van der Waals surface area (Å²) in [6, 6.07) is 14.4. The first kappa shape index (κ1) is 36.9. The monoisotopic (exact) mass is 692 g/mol. The summed E-state index contributed by atoms with van der Waals surface area (Å²) in [4.78, 5) is 16.8. The predicted octanol–water partition coefficient (Wildman–Crippen LogP) is 7.08. The molecule has 0 saturated carbocycles. The normalized spacial score (nSPS) is 15.0. The zero-order valence-electron chi connectivity index (χ0n) is 28.0. The summed E-state index contributed by atoms with van der Waals surface area (Å²) < 4.78 is 35.1. The summed E-state index contributed by atoms with van der Waals surface area (Å²) in [5.41, 5.74) is 1.64. The van der Waals surface area contributed by atoms with Crippen molar-refractivity contribution in [1.82, 2.24) is 9.80 Å². The SMILES string of the molecule is COc1cc(COCCBr)cc(OCCCC(CCN2CCC(N(C)C(=O)OC(C)(C)C)CC2)OCc2ccccc2)c1OC. The van der Waals surface area contributed by atoms with Crippen LogP contribution in [0.15, 0.2) is 42.5 Å². The number of amides is 1. The molecule has 1 saturated heterocycles. The maximum atomic E-state index is 12.5. The Bertz CT molecular complexity index is 1140. The molecule has 0 bridgehead atoms. The molecule has 0 radical (unpaired) electrons. The molecule has 1 amide bonds. The van der Waals surface area contributed by atoms with E-state index in [-0.39, 0.29) is 18.2 Å². The first-order valence-corrected chi connectivity index (χ1v) is 17.1. The fourth-order valence-electron chi connectivity index (χ4n) is 5.35. The van der Waals surface area contributed by atoms with Crippen LogP contribution in [0.4, 0.5) is 4.79 Å². The van der Waals surface area contributed by atoms with Gasteiger partial charge in [-0.1, -0.05) is 46.3 Å². The number of benzene rings is 2. The smallest absolute Gasteiger partial charge is 0.410 e. The van der Waals surface area contributed by atoms with Crippen LogP contribution in [0.2, 0.25) is 0 Å². The summed E-state index contributed by atoms with van der Waals surface area (Å²) >= 11 is 3.40. The van der Waals surface area contributed by atoms with Crippen molar-refractivity contribution >= 4 is 22.0 Å². The van der Waals surface area contributed by atoms with Gasteiger partial charge in [0.15, 0.2) is 11.5 Å². The fourth-order valence-corrected chi connectivity index (χ4v) is 5.58. The van der Waals surface area contributed by atoms with Crippen LogP contribution in [0.1, 0.15) is 64.0 Å². The summed E-state index contributed by atoms with van der Waals surface area (Å²) in [6.07, 6.45) is 4.35. The molecule has 0 aliphatic carbocycles. The van der Waals surface area contributed by atoms with Crippen molar-refractivity contribution in [1.29, 1.82) is 0 Å². The third-order valence-corrected chi connectivity index (χ3v) is 8.13. The molecule has 10 heteroatoms. The van der Waals surface area contributed by atoms with Gasteiger partial charge in [0.2, 0.25) is 5.75 Å². The standard InChI is InChI=1S/C35H53BrN2O7/c1-35(2,3)45-34(39)37(4)29-14-18-38(19-15-29)20-16-30(44-26-27-11-8-7-9-12-27)13-10-21-43-32-24-28(25-42-22-17-36)23-31(40-5)33(32)41-6/h7-9,11-12,23-24,29-30H,10,13-22,25-26H2,1-6H3. The molecule has 1 aliphatic rings. The fraction of sp³-hybridized carbons (Fsp3) is 0.629. The highest BCUT2D eigenvalue weighted by Crippen LogP contribution is 2.39. The second-order valence-corrected chi connectivity index (χ2v) is 13.2. The second-order valence-electron chi connectivity index (χ2n) is 12.4. The van der Waals surface area contributed by atoms with E-state index < -0.39 is 5.60 Å². The molecule has 1 atom stereocenters. The maximum Gasteiger partial charge on any atom is 0.410 e. The minimum absolute atomic E-state index is 0.0939. The van der Waals surface area contributed by atoms with Gasteiger partial charge >= 0.3 is 6.09 Å². The first-order chi connectivity index (χ1) is 21.6. The summed E-state index contributed by atoms with van der Waals surface area (Å²) in [6.45, 7) is 10.7. The molecule has 1 fully saturated rings. The Morgan fingerprint density at radius 1 is 0.978 bits per heavy atom. The van der Waals surface area contributed by atoms with Crippen molar-refractivity contribution in [2.45, 2.75) is 83.8 Å². The largest absolute Gasteiger partial charge is 0.493 e. The Morgan fingerprint density at radius 3 is 2.33 bits per heavy atom. The number of methoxy groups -OCH3 is 2. The van der Waals surface area contributed by atoms with E-state index in [0.717, 1.165) is 62.6 Å². The lowest BCUT2D eigenvalue weighted by molar-refractivity contribution is 0.00833. The van der Waals surface area contributed by atoms with E-state index in [9.17, 15) is 4.79 Å². The van der Waals surface area contributed by atoms with Gasteiger partial charge in [0, 0.05) is 38.1 Å². The van der Waals surface area contributed by atoms with Crippen LogP contribution in [0.3, 0.4) is 0 Å². The lowest BCUT2D eigenvalue weighted by Gasteiger charge is -2.37. The molecule has 2 aromatic rings. The first-order valence-electron chi connectivity index (χ1n) is 16.0. The molecular weight excluding hydrogens is 640 g/mol. The van der Waals surface area contributed by atoms with Gasteiger partial charge in [-0.25, -0.2) is 4.79 Å². The number of hydrogen-bond acceptors (Lipinski definition) is 8. The van der Waals surface area contributed by atoms with Crippen LogP contribution in [-0.2, 0) is 27.4 Å². The second kappa shape index (κ2) is 19.2. The summed E-state index contributed by atoms with van der Waals surface area (Å²) in [5, 5.41) is 0.779. The topological polar surface area (TPSA) is 78.9 Å². The van der Waals surface area contributed by atoms with Crippen molar-refractivity contribution in [3.63, 3.8) is 0 Å². The van der Waals surface area contributed by atoms with E-state index in [4.69, 9.17) is 28.4 Å². The average Bonchev–Trinajstić information content (AvgIpc) is 3.03. The van der Waals surface area contributed by atoms with E-state index in [1.165, 1.54) is 5.56 Å². The summed E-state index contributed by atoms with van der Waals surface area (Å²) in [7, 11) is 5.10. The molecule has 9 nitrogen and oxygen atoms in total. The molecule has 2 aromatic carbocycles. The Labute approximate surface area is 278 Å². The minimum Gasteiger partial charge on any atom is -0.493 e. The lowest BCUT2D eigenvalue weighted by atomic mass is 10.0. The number of halogens is 1.